The Bertz CT molecular complexity index is 883. The third kappa shape index (κ3) is 4.31. The number of amides is 1. The Morgan fingerprint density at radius 1 is 1.04 bits per heavy atom. The van der Waals surface area contributed by atoms with Crippen LogP contribution in [0.5, 0.6) is 5.75 Å². The molecule has 0 fully saturated rings. The second-order valence-electron chi connectivity index (χ2n) is 6.72. The molecule has 0 aromatic heterocycles. The molecule has 1 aliphatic heterocycles. The lowest BCUT2D eigenvalue weighted by atomic mass is 10.1. The minimum absolute atomic E-state index is 0.0468. The molecule has 0 spiro atoms. The monoisotopic (exact) mass is 378 g/mol. The summed E-state index contributed by atoms with van der Waals surface area (Å²) >= 11 is 0. The van der Waals surface area contributed by atoms with Crippen LogP contribution in [0.3, 0.4) is 0 Å². The predicted molar refractivity (Wildman–Crippen MR) is 111 cm³/mol. The van der Waals surface area contributed by atoms with Crippen LogP contribution in [0, 0.1) is 0 Å². The van der Waals surface area contributed by atoms with Crippen molar-refractivity contribution in [3.63, 3.8) is 0 Å². The second kappa shape index (κ2) is 8.85. The molecule has 0 saturated heterocycles. The average molecular weight is 378 g/mol. The predicted octanol–water partition coefficient (Wildman–Crippen LogP) is 3.91. The van der Waals surface area contributed by atoms with Gasteiger partial charge < -0.3 is 14.5 Å². The van der Waals surface area contributed by atoms with Crippen molar-refractivity contribution in [2.75, 3.05) is 26.2 Å². The molecule has 5 heteroatoms. The Hall–Kier alpha value is -2.92. The van der Waals surface area contributed by atoms with Crippen molar-refractivity contribution < 1.29 is 14.3 Å². The molecule has 146 valence electrons. The molecule has 0 atom stereocenters. The van der Waals surface area contributed by atoms with E-state index in [1.807, 2.05) is 47.4 Å². The first kappa shape index (κ1) is 19.8. The number of hydrogen-bond acceptors (Lipinski definition) is 4. The summed E-state index contributed by atoms with van der Waals surface area (Å²) in [7, 11) is 0. The second-order valence-corrected chi connectivity index (χ2v) is 6.72. The lowest BCUT2D eigenvalue weighted by molar-refractivity contribution is -0.131. The van der Waals surface area contributed by atoms with E-state index in [0.29, 0.717) is 12.3 Å². The Morgan fingerprint density at radius 2 is 1.68 bits per heavy atom. The van der Waals surface area contributed by atoms with Gasteiger partial charge in [0, 0.05) is 31.1 Å². The van der Waals surface area contributed by atoms with Crippen molar-refractivity contribution in [1.82, 2.24) is 9.80 Å². The van der Waals surface area contributed by atoms with Crippen molar-refractivity contribution in [3.8, 4) is 5.75 Å². The van der Waals surface area contributed by atoms with Crippen molar-refractivity contribution >= 4 is 23.6 Å². The third-order valence-electron chi connectivity index (χ3n) is 4.95. The normalized spacial score (nSPS) is 14.6. The molecule has 0 aliphatic carbocycles. The zero-order valence-corrected chi connectivity index (χ0v) is 16.6. The Balaban J connectivity index is 1.90. The summed E-state index contributed by atoms with van der Waals surface area (Å²) in [6, 6.07) is 15.0. The van der Waals surface area contributed by atoms with Gasteiger partial charge in [0.25, 0.3) is 5.91 Å². The molecule has 0 N–H and O–H groups in total. The van der Waals surface area contributed by atoms with Gasteiger partial charge in [0.05, 0.1) is 5.70 Å². The number of nitrogens with zero attached hydrogens (tertiary/aromatic N) is 2. The lowest BCUT2D eigenvalue weighted by Crippen LogP contribution is -2.34. The molecule has 1 aliphatic rings. The van der Waals surface area contributed by atoms with E-state index in [9.17, 15) is 9.59 Å². The first-order valence-electron chi connectivity index (χ1n) is 9.67. The Morgan fingerprint density at radius 3 is 2.29 bits per heavy atom. The van der Waals surface area contributed by atoms with Gasteiger partial charge in [-0.15, -0.1) is 0 Å². The number of rotatable bonds is 7. The molecular formula is C23H26N2O3. The molecule has 2 aromatic carbocycles. The standard InChI is InChI=1S/C23H26N2O3/c1-4-24(5-2)14-15-25-22(20-8-6-7-9-21(20)23(25)27)16-18-10-12-19(13-11-18)28-17(3)26/h6-13,16H,4-5,14-15H2,1-3H3/b22-16-. The molecule has 3 rings (SSSR count). The molecule has 1 heterocycles. The molecule has 1 amide bonds. The van der Waals surface area contributed by atoms with Crippen LogP contribution in [0.2, 0.25) is 0 Å². The summed E-state index contributed by atoms with van der Waals surface area (Å²) in [6.07, 6.45) is 2.02. The molecule has 0 saturated carbocycles. The molecule has 28 heavy (non-hydrogen) atoms. The number of likely N-dealkylation sites (N-methyl/N-ethyl adjacent to an activating group) is 1. The van der Waals surface area contributed by atoms with Crippen molar-refractivity contribution in [3.05, 3.63) is 65.2 Å². The summed E-state index contributed by atoms with van der Waals surface area (Å²) in [5, 5.41) is 0. The van der Waals surface area contributed by atoms with E-state index < -0.39 is 0 Å². The van der Waals surface area contributed by atoms with Crippen molar-refractivity contribution in [2.24, 2.45) is 0 Å². The van der Waals surface area contributed by atoms with Crippen LogP contribution in [0.25, 0.3) is 11.8 Å². The van der Waals surface area contributed by atoms with Gasteiger partial charge in [0.1, 0.15) is 5.75 Å². The first-order chi connectivity index (χ1) is 13.5. The lowest BCUT2D eigenvalue weighted by Gasteiger charge is -2.24. The summed E-state index contributed by atoms with van der Waals surface area (Å²) in [6.45, 7) is 9.04. The fourth-order valence-electron chi connectivity index (χ4n) is 3.41. The van der Waals surface area contributed by atoms with Gasteiger partial charge in [0.15, 0.2) is 0 Å². The van der Waals surface area contributed by atoms with Crippen molar-refractivity contribution in [1.29, 1.82) is 0 Å². The van der Waals surface area contributed by atoms with Gasteiger partial charge in [0.2, 0.25) is 0 Å². The largest absolute Gasteiger partial charge is 0.427 e. The van der Waals surface area contributed by atoms with E-state index in [2.05, 4.69) is 18.7 Å². The van der Waals surface area contributed by atoms with Crippen LogP contribution >= 0.6 is 0 Å². The van der Waals surface area contributed by atoms with E-state index in [0.717, 1.165) is 42.0 Å². The van der Waals surface area contributed by atoms with E-state index in [-0.39, 0.29) is 11.9 Å². The Kier molecular flexibility index (Phi) is 6.26. The van der Waals surface area contributed by atoms with Gasteiger partial charge in [-0.25, -0.2) is 0 Å². The highest BCUT2D eigenvalue weighted by molar-refractivity contribution is 6.11. The number of hydrogen-bond donors (Lipinski definition) is 0. The van der Waals surface area contributed by atoms with E-state index in [4.69, 9.17) is 4.74 Å². The third-order valence-corrected chi connectivity index (χ3v) is 4.95. The summed E-state index contributed by atoms with van der Waals surface area (Å²) in [4.78, 5) is 28.2. The number of fused-ring (bicyclic) bond motifs is 1. The molecule has 0 radical (unpaired) electrons. The fraction of sp³-hybridized carbons (Fsp3) is 0.304. The number of ether oxygens (including phenoxy) is 1. The van der Waals surface area contributed by atoms with Gasteiger partial charge in [-0.05, 0) is 42.9 Å². The van der Waals surface area contributed by atoms with Crippen molar-refractivity contribution in [2.45, 2.75) is 20.8 Å². The molecule has 5 nitrogen and oxygen atoms in total. The minimum atomic E-state index is -0.344. The van der Waals surface area contributed by atoms with Gasteiger partial charge in [-0.1, -0.05) is 44.2 Å². The SMILES string of the molecule is CCN(CC)CCN1C(=O)c2ccccc2/C1=C/c1ccc(OC(C)=O)cc1. The molecular weight excluding hydrogens is 352 g/mol. The maximum absolute atomic E-state index is 13.0. The van der Waals surface area contributed by atoms with E-state index >= 15 is 0 Å². The smallest absolute Gasteiger partial charge is 0.308 e. The van der Waals surface area contributed by atoms with Crippen LogP contribution < -0.4 is 4.74 Å². The number of carbonyl (C=O) groups excluding carboxylic acids is 2. The fourth-order valence-corrected chi connectivity index (χ4v) is 3.41. The van der Waals surface area contributed by atoms with Crippen LogP contribution in [0.1, 0.15) is 42.3 Å². The van der Waals surface area contributed by atoms with Crippen LogP contribution in [0.15, 0.2) is 48.5 Å². The highest BCUT2D eigenvalue weighted by Gasteiger charge is 2.31. The Labute approximate surface area is 166 Å². The van der Waals surface area contributed by atoms with Crippen LogP contribution in [-0.2, 0) is 4.79 Å². The summed E-state index contributed by atoms with van der Waals surface area (Å²) in [5.74, 6) is 0.213. The quantitative estimate of drug-likeness (QED) is 0.541. The van der Waals surface area contributed by atoms with Gasteiger partial charge in [-0.2, -0.15) is 0 Å². The summed E-state index contributed by atoms with van der Waals surface area (Å²) in [5.41, 5.74) is 3.55. The maximum Gasteiger partial charge on any atom is 0.308 e. The average Bonchev–Trinajstić information content (AvgIpc) is 2.96. The van der Waals surface area contributed by atoms with Gasteiger partial charge in [-0.3, -0.25) is 9.59 Å². The summed E-state index contributed by atoms with van der Waals surface area (Å²) < 4.78 is 5.09. The molecule has 2 aromatic rings. The highest BCUT2D eigenvalue weighted by atomic mass is 16.5. The van der Waals surface area contributed by atoms with E-state index in [1.54, 1.807) is 12.1 Å². The van der Waals surface area contributed by atoms with Crippen LogP contribution in [0.4, 0.5) is 0 Å². The highest BCUT2D eigenvalue weighted by Crippen LogP contribution is 2.34. The maximum atomic E-state index is 13.0. The number of esters is 1. The zero-order chi connectivity index (χ0) is 20.1. The number of carbonyl (C=O) groups is 2. The molecule has 0 unspecified atom stereocenters. The van der Waals surface area contributed by atoms with Gasteiger partial charge >= 0.3 is 5.97 Å². The topological polar surface area (TPSA) is 49.9 Å². The van der Waals surface area contributed by atoms with Crippen LogP contribution in [-0.4, -0.2) is 47.9 Å². The number of benzene rings is 2. The first-order valence-corrected chi connectivity index (χ1v) is 9.67. The minimum Gasteiger partial charge on any atom is -0.427 e. The molecule has 0 bridgehead atoms. The zero-order valence-electron chi connectivity index (χ0n) is 16.6. The van der Waals surface area contributed by atoms with E-state index in [1.165, 1.54) is 6.92 Å².